The molecule has 1 aromatic carbocycles. The van der Waals surface area contributed by atoms with Gasteiger partial charge in [-0.05, 0) is 49.9 Å². The summed E-state index contributed by atoms with van der Waals surface area (Å²) in [6.07, 6.45) is 4.73. The Bertz CT molecular complexity index is 671. The summed E-state index contributed by atoms with van der Waals surface area (Å²) in [6, 6.07) is 7.69. The van der Waals surface area contributed by atoms with E-state index in [2.05, 4.69) is 16.4 Å². The molecular weight excluding hydrogens is 292 g/mol. The van der Waals surface area contributed by atoms with Gasteiger partial charge < -0.3 is 15.2 Å². The van der Waals surface area contributed by atoms with Crippen LogP contribution in [0.2, 0.25) is 0 Å². The molecule has 5 heteroatoms. The van der Waals surface area contributed by atoms with Crippen molar-refractivity contribution < 1.29 is 14.6 Å². The highest BCUT2D eigenvalue weighted by atomic mass is 16.5. The molecule has 1 amide bonds. The van der Waals surface area contributed by atoms with Gasteiger partial charge in [-0.2, -0.15) is 0 Å². The number of aromatic hydroxyl groups is 1. The zero-order valence-electron chi connectivity index (χ0n) is 13.5. The van der Waals surface area contributed by atoms with Crippen molar-refractivity contribution in [1.29, 1.82) is 0 Å². The number of ether oxygens (including phenoxy) is 1. The van der Waals surface area contributed by atoms with Crippen LogP contribution in [0.1, 0.15) is 30.4 Å². The third-order valence-electron chi connectivity index (χ3n) is 3.47. The number of nitrogens with zero attached hydrogens (tertiary/aromatic N) is 1. The van der Waals surface area contributed by atoms with Crippen molar-refractivity contribution in [2.75, 3.05) is 11.9 Å². The van der Waals surface area contributed by atoms with Gasteiger partial charge in [-0.15, -0.1) is 0 Å². The summed E-state index contributed by atoms with van der Waals surface area (Å²) in [5.41, 5.74) is 2.67. The van der Waals surface area contributed by atoms with Gasteiger partial charge in [0.25, 0.3) is 0 Å². The van der Waals surface area contributed by atoms with E-state index in [-0.39, 0.29) is 11.7 Å². The lowest BCUT2D eigenvalue weighted by Crippen LogP contribution is -2.12. The fraction of sp³-hybridized carbons (Fsp3) is 0.333. The maximum atomic E-state index is 11.8. The number of carbonyl (C=O) groups is 1. The maximum Gasteiger partial charge on any atom is 0.224 e. The molecular formula is C18H22N2O3. The van der Waals surface area contributed by atoms with Crippen LogP contribution in [0.15, 0.2) is 36.7 Å². The molecule has 0 bridgehead atoms. The Morgan fingerprint density at radius 1 is 1.26 bits per heavy atom. The van der Waals surface area contributed by atoms with Crippen LogP contribution in [0, 0.1) is 13.8 Å². The monoisotopic (exact) mass is 314 g/mol. The first-order valence-electron chi connectivity index (χ1n) is 7.69. The van der Waals surface area contributed by atoms with Crippen molar-refractivity contribution in [1.82, 2.24) is 4.98 Å². The average Bonchev–Trinajstić information content (AvgIpc) is 2.52. The first kappa shape index (κ1) is 16.8. The molecule has 0 spiro atoms. The lowest BCUT2D eigenvalue weighted by atomic mass is 10.1. The van der Waals surface area contributed by atoms with Crippen LogP contribution in [0.3, 0.4) is 0 Å². The number of hydrogen-bond donors (Lipinski definition) is 2. The molecule has 2 N–H and O–H groups in total. The molecule has 2 aromatic rings. The van der Waals surface area contributed by atoms with E-state index in [1.165, 1.54) is 18.0 Å². The number of anilines is 1. The van der Waals surface area contributed by atoms with Crippen LogP contribution < -0.4 is 10.1 Å². The van der Waals surface area contributed by atoms with Gasteiger partial charge >= 0.3 is 0 Å². The molecule has 0 aliphatic heterocycles. The Labute approximate surface area is 136 Å². The van der Waals surface area contributed by atoms with E-state index in [1.54, 1.807) is 6.07 Å². The summed E-state index contributed by atoms with van der Waals surface area (Å²) in [4.78, 5) is 15.6. The third-order valence-corrected chi connectivity index (χ3v) is 3.47. The first-order valence-corrected chi connectivity index (χ1v) is 7.69. The molecule has 23 heavy (non-hydrogen) atoms. The lowest BCUT2D eigenvalue weighted by Gasteiger charge is -2.10. The van der Waals surface area contributed by atoms with E-state index in [1.807, 2.05) is 26.0 Å². The van der Waals surface area contributed by atoms with Gasteiger partial charge in [0.2, 0.25) is 5.91 Å². The second-order valence-corrected chi connectivity index (χ2v) is 5.52. The van der Waals surface area contributed by atoms with Gasteiger partial charge in [0.15, 0.2) is 5.75 Å². The van der Waals surface area contributed by atoms with Gasteiger partial charge in [0.05, 0.1) is 18.5 Å². The number of hydrogen-bond acceptors (Lipinski definition) is 4. The number of nitrogens with one attached hydrogen (secondary N) is 1. The van der Waals surface area contributed by atoms with E-state index < -0.39 is 0 Å². The quantitative estimate of drug-likeness (QED) is 0.766. The van der Waals surface area contributed by atoms with E-state index in [0.29, 0.717) is 18.7 Å². The first-order chi connectivity index (χ1) is 11.1. The van der Waals surface area contributed by atoms with Crippen LogP contribution in [-0.2, 0) is 4.79 Å². The predicted octanol–water partition coefficient (Wildman–Crippen LogP) is 3.59. The number of carbonyl (C=O) groups excluding carboxylic acids is 1. The summed E-state index contributed by atoms with van der Waals surface area (Å²) in [5, 5.41) is 12.2. The molecule has 0 aliphatic carbocycles. The predicted molar refractivity (Wildman–Crippen MR) is 89.8 cm³/mol. The molecule has 1 heterocycles. The van der Waals surface area contributed by atoms with E-state index in [4.69, 9.17) is 4.74 Å². The minimum absolute atomic E-state index is 0.0286. The number of benzene rings is 1. The largest absolute Gasteiger partial charge is 0.504 e. The molecule has 2 rings (SSSR count). The zero-order chi connectivity index (χ0) is 16.7. The second kappa shape index (κ2) is 8.17. The molecule has 122 valence electrons. The minimum atomic E-state index is -0.127. The Morgan fingerprint density at radius 3 is 2.87 bits per heavy atom. The van der Waals surface area contributed by atoms with Gasteiger partial charge in [-0.3, -0.25) is 9.78 Å². The maximum absolute atomic E-state index is 11.8. The molecule has 0 fully saturated rings. The van der Waals surface area contributed by atoms with E-state index >= 15 is 0 Å². The minimum Gasteiger partial charge on any atom is -0.504 e. The number of rotatable bonds is 7. The fourth-order valence-corrected chi connectivity index (χ4v) is 2.14. The summed E-state index contributed by atoms with van der Waals surface area (Å²) < 4.78 is 5.76. The van der Waals surface area contributed by atoms with Crippen molar-refractivity contribution in [2.45, 2.75) is 33.1 Å². The van der Waals surface area contributed by atoms with Crippen LogP contribution in [0.4, 0.5) is 5.69 Å². The summed E-state index contributed by atoms with van der Waals surface area (Å²) in [6.45, 7) is 4.63. The highest BCUT2D eigenvalue weighted by Gasteiger charge is 2.06. The van der Waals surface area contributed by atoms with Gasteiger partial charge in [0, 0.05) is 12.6 Å². The van der Waals surface area contributed by atoms with Crippen LogP contribution in [0.5, 0.6) is 11.5 Å². The summed E-state index contributed by atoms with van der Waals surface area (Å²) in [5.74, 6) is 0.744. The van der Waals surface area contributed by atoms with E-state index in [9.17, 15) is 9.90 Å². The smallest absolute Gasteiger partial charge is 0.224 e. The van der Waals surface area contributed by atoms with Crippen LogP contribution >= 0.6 is 0 Å². The molecule has 0 saturated carbocycles. The van der Waals surface area contributed by atoms with Crippen molar-refractivity contribution in [3.8, 4) is 11.5 Å². The SMILES string of the molecule is Cc1ccc(C)c(OCCCCC(=O)Nc2ccncc2O)c1. The highest BCUT2D eigenvalue weighted by molar-refractivity contribution is 5.91. The standard InChI is InChI=1S/C18H22N2O3/c1-13-6-7-14(2)17(11-13)23-10-4-3-5-18(22)20-15-8-9-19-12-16(15)21/h6-9,11-12,21H,3-5,10H2,1-2H3,(H,19,20,22). The lowest BCUT2D eigenvalue weighted by molar-refractivity contribution is -0.116. The van der Waals surface area contributed by atoms with Crippen molar-refractivity contribution in [3.63, 3.8) is 0 Å². The molecule has 5 nitrogen and oxygen atoms in total. The number of aromatic nitrogens is 1. The van der Waals surface area contributed by atoms with Gasteiger partial charge in [0.1, 0.15) is 5.75 Å². The van der Waals surface area contributed by atoms with Crippen LogP contribution in [0.25, 0.3) is 0 Å². The van der Waals surface area contributed by atoms with E-state index in [0.717, 1.165) is 24.2 Å². The van der Waals surface area contributed by atoms with Crippen molar-refractivity contribution >= 4 is 11.6 Å². The third kappa shape index (κ3) is 5.29. The summed E-state index contributed by atoms with van der Waals surface area (Å²) in [7, 11) is 0. The molecule has 0 unspecified atom stereocenters. The molecule has 0 aliphatic rings. The Morgan fingerprint density at radius 2 is 2.09 bits per heavy atom. The molecule has 0 saturated heterocycles. The highest BCUT2D eigenvalue weighted by Crippen LogP contribution is 2.21. The van der Waals surface area contributed by atoms with Gasteiger partial charge in [-0.1, -0.05) is 12.1 Å². The zero-order valence-corrected chi connectivity index (χ0v) is 13.5. The number of aryl methyl sites for hydroxylation is 2. The van der Waals surface area contributed by atoms with Crippen molar-refractivity contribution in [2.24, 2.45) is 0 Å². The number of unbranched alkanes of at least 4 members (excludes halogenated alkanes) is 1. The van der Waals surface area contributed by atoms with Gasteiger partial charge in [-0.25, -0.2) is 0 Å². The molecule has 0 atom stereocenters. The second-order valence-electron chi connectivity index (χ2n) is 5.52. The molecule has 0 radical (unpaired) electrons. The summed E-state index contributed by atoms with van der Waals surface area (Å²) >= 11 is 0. The average molecular weight is 314 g/mol. The normalized spacial score (nSPS) is 10.3. The number of pyridine rings is 1. The van der Waals surface area contributed by atoms with Crippen LogP contribution in [-0.4, -0.2) is 22.6 Å². The fourth-order valence-electron chi connectivity index (χ4n) is 2.14. The Kier molecular flexibility index (Phi) is 5.97. The Balaban J connectivity index is 1.68. The Hall–Kier alpha value is -2.56. The molecule has 1 aromatic heterocycles. The number of amides is 1. The topological polar surface area (TPSA) is 71.5 Å². The van der Waals surface area contributed by atoms with Crippen molar-refractivity contribution in [3.05, 3.63) is 47.8 Å².